The molecule has 0 saturated carbocycles. The zero-order chi connectivity index (χ0) is 11.5. The maximum absolute atomic E-state index is 5.86. The van der Waals surface area contributed by atoms with E-state index in [4.69, 9.17) is 5.73 Å². The van der Waals surface area contributed by atoms with Gasteiger partial charge in [-0.3, -0.25) is 0 Å². The summed E-state index contributed by atoms with van der Waals surface area (Å²) in [6, 6.07) is 3.89. The van der Waals surface area contributed by atoms with E-state index < -0.39 is 0 Å². The molecule has 2 N–H and O–H groups in total. The molecule has 2 heterocycles. The van der Waals surface area contributed by atoms with E-state index in [9.17, 15) is 0 Å². The highest BCUT2D eigenvalue weighted by Gasteiger charge is 2.09. The van der Waals surface area contributed by atoms with Gasteiger partial charge < -0.3 is 5.73 Å². The third-order valence-electron chi connectivity index (χ3n) is 2.23. The molecule has 2 rings (SSSR count). The third kappa shape index (κ3) is 2.19. The number of nitrogens with two attached hydrogens (primary N) is 1. The molecule has 16 heavy (non-hydrogen) atoms. The second kappa shape index (κ2) is 4.57. The predicted octanol–water partition coefficient (Wildman–Crippen LogP) is 2.44. The van der Waals surface area contributed by atoms with E-state index in [1.54, 1.807) is 11.3 Å². The predicted molar refractivity (Wildman–Crippen MR) is 66.3 cm³/mol. The molecule has 0 atom stereocenters. The highest BCUT2D eigenvalue weighted by molar-refractivity contribution is 7.14. The van der Waals surface area contributed by atoms with Gasteiger partial charge in [0.05, 0.1) is 5.56 Å². The molecule has 2 aromatic heterocycles. The highest BCUT2D eigenvalue weighted by Crippen LogP contribution is 2.27. The fraction of sp³-hybridized carbons (Fsp3) is 0.364. The van der Waals surface area contributed by atoms with Crippen molar-refractivity contribution < 1.29 is 0 Å². The second-order valence-corrected chi connectivity index (χ2v) is 4.70. The van der Waals surface area contributed by atoms with E-state index in [1.165, 1.54) is 0 Å². The van der Waals surface area contributed by atoms with Crippen LogP contribution in [0.4, 0.5) is 5.82 Å². The summed E-state index contributed by atoms with van der Waals surface area (Å²) in [6.07, 6.45) is 2.05. The lowest BCUT2D eigenvalue weighted by Gasteiger charge is -2.00. The Balaban J connectivity index is 2.35. The van der Waals surface area contributed by atoms with E-state index in [0.29, 0.717) is 5.82 Å². The van der Waals surface area contributed by atoms with Gasteiger partial charge >= 0.3 is 0 Å². The maximum atomic E-state index is 5.86. The Hall–Kier alpha value is -1.49. The summed E-state index contributed by atoms with van der Waals surface area (Å²) in [4.78, 5) is 4.22. The topological polar surface area (TPSA) is 64.7 Å². The average Bonchev–Trinajstić information content (AvgIpc) is 2.67. The molecule has 0 unspecified atom stereocenters. The third-order valence-corrected chi connectivity index (χ3v) is 3.24. The SMILES string of the molecule is CCCc1nnc(-c2ccc(C)nc2N)s1. The number of rotatable bonds is 3. The zero-order valence-electron chi connectivity index (χ0n) is 9.40. The number of aromatic nitrogens is 3. The molecule has 0 aliphatic heterocycles. The van der Waals surface area contributed by atoms with Gasteiger partial charge in [0.15, 0.2) is 5.01 Å². The number of aryl methyl sites for hydroxylation is 2. The fourth-order valence-corrected chi connectivity index (χ4v) is 2.41. The second-order valence-electron chi connectivity index (χ2n) is 3.64. The van der Waals surface area contributed by atoms with Crippen molar-refractivity contribution in [3.8, 4) is 10.6 Å². The first-order chi connectivity index (χ1) is 7.70. The zero-order valence-corrected chi connectivity index (χ0v) is 10.2. The van der Waals surface area contributed by atoms with Crippen LogP contribution < -0.4 is 5.73 Å². The Kier molecular flexibility index (Phi) is 3.14. The molecular formula is C11H14N4S. The van der Waals surface area contributed by atoms with Crippen molar-refractivity contribution in [2.45, 2.75) is 26.7 Å². The number of hydrogen-bond donors (Lipinski definition) is 1. The minimum Gasteiger partial charge on any atom is -0.383 e. The molecule has 0 spiro atoms. The van der Waals surface area contributed by atoms with Crippen LogP contribution in [0.1, 0.15) is 24.0 Å². The largest absolute Gasteiger partial charge is 0.383 e. The van der Waals surface area contributed by atoms with Crippen LogP contribution >= 0.6 is 11.3 Å². The van der Waals surface area contributed by atoms with Gasteiger partial charge in [-0.05, 0) is 25.5 Å². The molecule has 0 aromatic carbocycles. The van der Waals surface area contributed by atoms with Crippen molar-refractivity contribution in [2.24, 2.45) is 0 Å². The summed E-state index contributed by atoms with van der Waals surface area (Å²) in [6.45, 7) is 4.05. The molecule has 0 amide bonds. The van der Waals surface area contributed by atoms with Gasteiger partial charge in [0.25, 0.3) is 0 Å². The molecule has 0 aliphatic carbocycles. The van der Waals surface area contributed by atoms with Crippen LogP contribution in [0.25, 0.3) is 10.6 Å². The minimum atomic E-state index is 0.527. The first-order valence-corrected chi connectivity index (χ1v) is 6.08. The molecule has 0 aliphatic rings. The van der Waals surface area contributed by atoms with Crippen LogP contribution in [0.2, 0.25) is 0 Å². The Morgan fingerprint density at radius 3 is 2.81 bits per heavy atom. The lowest BCUT2D eigenvalue weighted by molar-refractivity contribution is 0.879. The van der Waals surface area contributed by atoms with Crippen LogP contribution in [0.15, 0.2) is 12.1 Å². The van der Waals surface area contributed by atoms with Gasteiger partial charge in [-0.15, -0.1) is 10.2 Å². The van der Waals surface area contributed by atoms with E-state index in [1.807, 2.05) is 19.1 Å². The fourth-order valence-electron chi connectivity index (χ4n) is 1.43. The Labute approximate surface area is 98.6 Å². The standard InChI is InChI=1S/C11H14N4S/c1-3-4-9-14-15-11(16-9)8-6-5-7(2)13-10(8)12/h5-6H,3-4H2,1-2H3,(H2,12,13). The van der Waals surface area contributed by atoms with Gasteiger partial charge in [0.1, 0.15) is 10.8 Å². The summed E-state index contributed by atoms with van der Waals surface area (Å²) < 4.78 is 0. The van der Waals surface area contributed by atoms with Gasteiger partial charge in [-0.25, -0.2) is 4.98 Å². The lowest BCUT2D eigenvalue weighted by atomic mass is 10.2. The maximum Gasteiger partial charge on any atom is 0.151 e. The molecule has 5 heteroatoms. The minimum absolute atomic E-state index is 0.527. The normalized spacial score (nSPS) is 10.6. The molecule has 84 valence electrons. The monoisotopic (exact) mass is 234 g/mol. The summed E-state index contributed by atoms with van der Waals surface area (Å²) in [5.41, 5.74) is 7.66. The first kappa shape index (κ1) is 11.0. The van der Waals surface area contributed by atoms with Crippen molar-refractivity contribution in [1.29, 1.82) is 0 Å². The number of nitrogens with zero attached hydrogens (tertiary/aromatic N) is 3. The van der Waals surface area contributed by atoms with E-state index in [-0.39, 0.29) is 0 Å². The first-order valence-electron chi connectivity index (χ1n) is 5.26. The number of anilines is 1. The molecule has 0 radical (unpaired) electrons. The van der Waals surface area contributed by atoms with Crippen LogP contribution in [0.5, 0.6) is 0 Å². The van der Waals surface area contributed by atoms with Crippen molar-refractivity contribution in [3.05, 3.63) is 22.8 Å². The Bertz CT molecular complexity index is 492. The van der Waals surface area contributed by atoms with Gasteiger partial charge in [-0.1, -0.05) is 18.3 Å². The Morgan fingerprint density at radius 1 is 1.31 bits per heavy atom. The van der Waals surface area contributed by atoms with E-state index in [0.717, 1.165) is 34.1 Å². The molecule has 0 bridgehead atoms. The van der Waals surface area contributed by atoms with E-state index >= 15 is 0 Å². The summed E-state index contributed by atoms with van der Waals surface area (Å²) in [5.74, 6) is 0.527. The molecule has 4 nitrogen and oxygen atoms in total. The van der Waals surface area contributed by atoms with Crippen molar-refractivity contribution in [1.82, 2.24) is 15.2 Å². The number of pyridine rings is 1. The number of nitrogen functional groups attached to an aromatic ring is 1. The average molecular weight is 234 g/mol. The van der Waals surface area contributed by atoms with Crippen LogP contribution in [0.3, 0.4) is 0 Å². The van der Waals surface area contributed by atoms with Gasteiger partial charge in [-0.2, -0.15) is 0 Å². The van der Waals surface area contributed by atoms with E-state index in [2.05, 4.69) is 22.1 Å². The van der Waals surface area contributed by atoms with Crippen molar-refractivity contribution in [2.75, 3.05) is 5.73 Å². The quantitative estimate of drug-likeness (QED) is 0.886. The van der Waals surface area contributed by atoms with Gasteiger partial charge in [0.2, 0.25) is 0 Å². The van der Waals surface area contributed by atoms with Crippen molar-refractivity contribution in [3.63, 3.8) is 0 Å². The smallest absolute Gasteiger partial charge is 0.151 e. The molecule has 0 saturated heterocycles. The van der Waals surface area contributed by atoms with Crippen LogP contribution in [-0.2, 0) is 6.42 Å². The van der Waals surface area contributed by atoms with Crippen LogP contribution in [-0.4, -0.2) is 15.2 Å². The highest BCUT2D eigenvalue weighted by atomic mass is 32.1. The van der Waals surface area contributed by atoms with Crippen LogP contribution in [0, 0.1) is 6.92 Å². The summed E-state index contributed by atoms with van der Waals surface area (Å²) >= 11 is 1.59. The number of hydrogen-bond acceptors (Lipinski definition) is 5. The molecule has 2 aromatic rings. The molecular weight excluding hydrogens is 220 g/mol. The molecule has 0 fully saturated rings. The van der Waals surface area contributed by atoms with Crippen molar-refractivity contribution >= 4 is 17.2 Å². The Morgan fingerprint density at radius 2 is 2.12 bits per heavy atom. The summed E-state index contributed by atoms with van der Waals surface area (Å²) in [5, 5.41) is 10.2. The van der Waals surface area contributed by atoms with Gasteiger partial charge in [0, 0.05) is 12.1 Å². The lowest BCUT2D eigenvalue weighted by Crippen LogP contribution is -1.95. The summed E-state index contributed by atoms with van der Waals surface area (Å²) in [7, 11) is 0.